The first-order chi connectivity index (χ1) is 13.3. The van der Waals surface area contributed by atoms with Gasteiger partial charge in [0, 0.05) is 43.8 Å². The van der Waals surface area contributed by atoms with E-state index in [1.54, 1.807) is 41.0 Å². The summed E-state index contributed by atoms with van der Waals surface area (Å²) in [6, 6.07) is 5.50. The first-order valence-electron chi connectivity index (χ1n) is 9.94. The van der Waals surface area contributed by atoms with Crippen molar-refractivity contribution in [3.8, 4) is 0 Å². The van der Waals surface area contributed by atoms with E-state index in [9.17, 15) is 14.7 Å². The lowest BCUT2D eigenvalue weighted by Gasteiger charge is -2.38. The number of likely N-dealkylation sites (tertiary alicyclic amines) is 1. The molecule has 0 unspecified atom stereocenters. The van der Waals surface area contributed by atoms with E-state index in [2.05, 4.69) is 18.8 Å². The Bertz CT molecular complexity index is 882. The smallest absolute Gasteiger partial charge is 0.263 e. The third kappa shape index (κ3) is 4.17. The number of rotatable bonds is 5. The molecule has 0 saturated carbocycles. The van der Waals surface area contributed by atoms with Gasteiger partial charge in [-0.1, -0.05) is 19.9 Å². The molecule has 1 saturated heterocycles. The van der Waals surface area contributed by atoms with E-state index in [0.29, 0.717) is 44.0 Å². The lowest BCUT2D eigenvalue weighted by atomic mass is 9.85. The van der Waals surface area contributed by atoms with E-state index >= 15 is 0 Å². The van der Waals surface area contributed by atoms with Crippen molar-refractivity contribution < 1.29 is 9.90 Å². The fourth-order valence-electron chi connectivity index (χ4n) is 3.66. The van der Waals surface area contributed by atoms with Crippen LogP contribution in [-0.4, -0.2) is 38.6 Å². The van der Waals surface area contributed by atoms with Gasteiger partial charge in [-0.2, -0.15) is 0 Å². The molecule has 0 aromatic carbocycles. The molecule has 0 radical (unpaired) electrons. The van der Waals surface area contributed by atoms with Crippen LogP contribution in [0.5, 0.6) is 0 Å². The second kappa shape index (κ2) is 8.27. The zero-order chi connectivity index (χ0) is 20.3. The number of aliphatic hydroxyl groups is 1. The van der Waals surface area contributed by atoms with E-state index < -0.39 is 5.60 Å². The SMILES string of the molecule is Cc1ccn(CCC(C)C)c(=O)c1C(=O)N1CCC(O)(c2cccnc2)CC1. The molecule has 1 N–H and O–H groups in total. The predicted octanol–water partition coefficient (Wildman–Crippen LogP) is 2.72. The van der Waals surface area contributed by atoms with Gasteiger partial charge in [0.25, 0.3) is 11.5 Å². The van der Waals surface area contributed by atoms with Crippen LogP contribution in [0.3, 0.4) is 0 Å². The van der Waals surface area contributed by atoms with Crippen molar-refractivity contribution in [1.82, 2.24) is 14.5 Å². The summed E-state index contributed by atoms with van der Waals surface area (Å²) in [6.07, 6.45) is 6.86. The van der Waals surface area contributed by atoms with E-state index in [0.717, 1.165) is 12.0 Å². The van der Waals surface area contributed by atoms with Crippen LogP contribution in [0.25, 0.3) is 0 Å². The molecule has 2 aromatic rings. The van der Waals surface area contributed by atoms with Gasteiger partial charge in [-0.15, -0.1) is 0 Å². The zero-order valence-corrected chi connectivity index (χ0v) is 16.9. The Hall–Kier alpha value is -2.47. The maximum atomic E-state index is 13.1. The van der Waals surface area contributed by atoms with Gasteiger partial charge in [0.05, 0.1) is 5.60 Å². The third-order valence-corrected chi connectivity index (χ3v) is 5.61. The average molecular weight is 383 g/mol. The largest absolute Gasteiger partial charge is 0.385 e. The Morgan fingerprint density at radius 2 is 2.00 bits per heavy atom. The molecule has 150 valence electrons. The molecule has 3 heterocycles. The summed E-state index contributed by atoms with van der Waals surface area (Å²) in [5, 5.41) is 10.9. The number of carbonyl (C=O) groups excluding carboxylic acids is 1. The van der Waals surface area contributed by atoms with Crippen molar-refractivity contribution in [2.45, 2.75) is 52.2 Å². The molecule has 3 rings (SSSR count). The number of carbonyl (C=O) groups is 1. The molecule has 1 aliphatic rings. The molecule has 1 amide bonds. The van der Waals surface area contributed by atoms with Crippen molar-refractivity contribution in [3.05, 3.63) is 63.8 Å². The predicted molar refractivity (Wildman–Crippen MR) is 108 cm³/mol. The highest BCUT2D eigenvalue weighted by atomic mass is 16.3. The van der Waals surface area contributed by atoms with Crippen molar-refractivity contribution in [1.29, 1.82) is 0 Å². The Labute approximate surface area is 165 Å². The Balaban J connectivity index is 1.77. The number of hydrogen-bond donors (Lipinski definition) is 1. The first kappa shape index (κ1) is 20.3. The number of aromatic nitrogens is 2. The molecular weight excluding hydrogens is 354 g/mol. The summed E-state index contributed by atoms with van der Waals surface area (Å²) in [5.74, 6) is 0.245. The number of pyridine rings is 2. The molecule has 6 nitrogen and oxygen atoms in total. The fourth-order valence-corrected chi connectivity index (χ4v) is 3.66. The van der Waals surface area contributed by atoms with Gasteiger partial charge < -0.3 is 14.6 Å². The molecular formula is C22H29N3O3. The minimum absolute atomic E-state index is 0.223. The zero-order valence-electron chi connectivity index (χ0n) is 16.9. The normalized spacial score (nSPS) is 16.4. The summed E-state index contributed by atoms with van der Waals surface area (Å²) >= 11 is 0. The van der Waals surface area contributed by atoms with Crippen LogP contribution in [0, 0.1) is 12.8 Å². The van der Waals surface area contributed by atoms with Crippen LogP contribution < -0.4 is 5.56 Å². The van der Waals surface area contributed by atoms with Gasteiger partial charge in [0.1, 0.15) is 5.56 Å². The van der Waals surface area contributed by atoms with Gasteiger partial charge in [-0.25, -0.2) is 0 Å². The summed E-state index contributed by atoms with van der Waals surface area (Å²) in [6.45, 7) is 7.45. The standard InChI is InChI=1S/C22H29N3O3/c1-16(2)6-11-24-12-7-17(3)19(20(24)26)21(27)25-13-8-22(28,9-14-25)18-5-4-10-23-15-18/h4-5,7,10,12,15-16,28H,6,8-9,11,13-14H2,1-3H3. The fraction of sp³-hybridized carbons (Fsp3) is 0.500. The van der Waals surface area contributed by atoms with E-state index in [-0.39, 0.29) is 17.0 Å². The van der Waals surface area contributed by atoms with Crippen molar-refractivity contribution in [2.75, 3.05) is 13.1 Å². The van der Waals surface area contributed by atoms with Crippen LogP contribution in [0.1, 0.15) is 54.6 Å². The van der Waals surface area contributed by atoms with Crippen LogP contribution in [0.15, 0.2) is 41.6 Å². The average Bonchev–Trinajstić information content (AvgIpc) is 2.68. The van der Waals surface area contributed by atoms with Crippen LogP contribution in [0.2, 0.25) is 0 Å². The molecule has 0 atom stereocenters. The van der Waals surface area contributed by atoms with E-state index in [4.69, 9.17) is 0 Å². The van der Waals surface area contributed by atoms with Gasteiger partial charge in [-0.05, 0) is 49.8 Å². The highest BCUT2D eigenvalue weighted by Crippen LogP contribution is 2.32. The minimum atomic E-state index is -0.978. The van der Waals surface area contributed by atoms with Gasteiger partial charge >= 0.3 is 0 Å². The lowest BCUT2D eigenvalue weighted by Crippen LogP contribution is -2.47. The van der Waals surface area contributed by atoms with Crippen molar-refractivity contribution in [2.24, 2.45) is 5.92 Å². The van der Waals surface area contributed by atoms with Crippen LogP contribution >= 0.6 is 0 Å². The highest BCUT2D eigenvalue weighted by molar-refractivity contribution is 5.95. The Morgan fingerprint density at radius 3 is 2.61 bits per heavy atom. The van der Waals surface area contributed by atoms with Crippen LogP contribution in [0.4, 0.5) is 0 Å². The monoisotopic (exact) mass is 383 g/mol. The van der Waals surface area contributed by atoms with Gasteiger partial charge in [-0.3, -0.25) is 14.6 Å². The first-order valence-corrected chi connectivity index (χ1v) is 9.94. The molecule has 1 fully saturated rings. The number of piperidine rings is 1. The summed E-state index contributed by atoms with van der Waals surface area (Å²) < 4.78 is 1.64. The Kier molecular flexibility index (Phi) is 5.98. The molecule has 2 aromatic heterocycles. The van der Waals surface area contributed by atoms with Gasteiger partial charge in [0.2, 0.25) is 0 Å². The number of hydrogen-bond acceptors (Lipinski definition) is 4. The molecule has 28 heavy (non-hydrogen) atoms. The number of amides is 1. The maximum Gasteiger partial charge on any atom is 0.263 e. The van der Waals surface area contributed by atoms with Gasteiger partial charge in [0.15, 0.2) is 0 Å². The third-order valence-electron chi connectivity index (χ3n) is 5.61. The minimum Gasteiger partial charge on any atom is -0.385 e. The van der Waals surface area contributed by atoms with E-state index in [1.807, 2.05) is 12.1 Å². The maximum absolute atomic E-state index is 13.1. The molecule has 0 spiro atoms. The summed E-state index contributed by atoms with van der Waals surface area (Å²) in [4.78, 5) is 31.8. The summed E-state index contributed by atoms with van der Waals surface area (Å²) in [7, 11) is 0. The number of nitrogens with zero attached hydrogens (tertiary/aromatic N) is 3. The molecule has 0 bridgehead atoms. The van der Waals surface area contributed by atoms with Crippen molar-refractivity contribution in [3.63, 3.8) is 0 Å². The number of aryl methyl sites for hydroxylation is 2. The highest BCUT2D eigenvalue weighted by Gasteiger charge is 2.36. The second-order valence-corrected chi connectivity index (χ2v) is 8.12. The molecule has 1 aliphatic heterocycles. The lowest BCUT2D eigenvalue weighted by molar-refractivity contribution is -0.0214. The molecule has 6 heteroatoms. The Morgan fingerprint density at radius 1 is 1.29 bits per heavy atom. The quantitative estimate of drug-likeness (QED) is 0.861. The topological polar surface area (TPSA) is 75.4 Å². The van der Waals surface area contributed by atoms with Crippen LogP contribution in [-0.2, 0) is 12.1 Å². The second-order valence-electron chi connectivity index (χ2n) is 8.12. The van der Waals surface area contributed by atoms with E-state index in [1.165, 1.54) is 0 Å². The molecule has 0 aliphatic carbocycles. The van der Waals surface area contributed by atoms with Crippen molar-refractivity contribution >= 4 is 5.91 Å². The summed E-state index contributed by atoms with van der Waals surface area (Å²) in [5.41, 5.74) is 0.517.